The number of allylic oxidation sites excluding steroid dienone is 1. The molecule has 0 radical (unpaired) electrons. The zero-order valence-corrected chi connectivity index (χ0v) is 14.9. The third-order valence-electron chi connectivity index (χ3n) is 5.49. The lowest BCUT2D eigenvalue weighted by Gasteiger charge is -2.24. The van der Waals surface area contributed by atoms with Crippen molar-refractivity contribution in [1.82, 2.24) is 0 Å². The van der Waals surface area contributed by atoms with Gasteiger partial charge in [-0.2, -0.15) is 0 Å². The van der Waals surface area contributed by atoms with Gasteiger partial charge in [0, 0.05) is 0 Å². The molecule has 21 heavy (non-hydrogen) atoms. The molecule has 0 aromatic heterocycles. The first-order valence-corrected chi connectivity index (χ1v) is 9.88. The van der Waals surface area contributed by atoms with Crippen LogP contribution in [0, 0.1) is 17.8 Å². The SMILES string of the molecule is C=CC(CCCC)CCCCCC(C)CC1CCCCC1. The molecule has 0 aliphatic heterocycles. The van der Waals surface area contributed by atoms with Crippen LogP contribution in [0.5, 0.6) is 0 Å². The first-order chi connectivity index (χ1) is 10.3. The largest absolute Gasteiger partial charge is 0.103 e. The second kappa shape index (κ2) is 12.3. The maximum absolute atomic E-state index is 4.01. The first-order valence-electron chi connectivity index (χ1n) is 9.88. The maximum atomic E-state index is 4.01. The van der Waals surface area contributed by atoms with E-state index >= 15 is 0 Å². The minimum absolute atomic E-state index is 0.782. The van der Waals surface area contributed by atoms with E-state index in [0.29, 0.717) is 0 Å². The monoisotopic (exact) mass is 292 g/mol. The summed E-state index contributed by atoms with van der Waals surface area (Å²) in [6.07, 6.45) is 22.4. The quantitative estimate of drug-likeness (QED) is 0.257. The molecule has 0 spiro atoms. The molecule has 0 heteroatoms. The van der Waals surface area contributed by atoms with Crippen LogP contribution in [0.4, 0.5) is 0 Å². The molecule has 0 aromatic rings. The van der Waals surface area contributed by atoms with Crippen molar-refractivity contribution < 1.29 is 0 Å². The van der Waals surface area contributed by atoms with Crippen LogP contribution in [-0.2, 0) is 0 Å². The summed E-state index contributed by atoms with van der Waals surface area (Å²) < 4.78 is 0. The van der Waals surface area contributed by atoms with Crippen molar-refractivity contribution >= 4 is 0 Å². The molecule has 0 aromatic carbocycles. The van der Waals surface area contributed by atoms with E-state index in [2.05, 4.69) is 26.5 Å². The van der Waals surface area contributed by atoms with Gasteiger partial charge in [0.2, 0.25) is 0 Å². The Balaban J connectivity index is 1.98. The van der Waals surface area contributed by atoms with Gasteiger partial charge in [-0.25, -0.2) is 0 Å². The molecule has 1 fully saturated rings. The number of hydrogen-bond donors (Lipinski definition) is 0. The summed E-state index contributed by atoms with van der Waals surface area (Å²) in [4.78, 5) is 0. The van der Waals surface area contributed by atoms with Crippen LogP contribution in [0.25, 0.3) is 0 Å². The molecular weight excluding hydrogens is 252 g/mol. The van der Waals surface area contributed by atoms with Gasteiger partial charge >= 0.3 is 0 Å². The van der Waals surface area contributed by atoms with Crippen LogP contribution in [0.15, 0.2) is 12.7 Å². The summed E-state index contributed by atoms with van der Waals surface area (Å²) in [5.41, 5.74) is 0. The Kier molecular flexibility index (Phi) is 11.0. The van der Waals surface area contributed by atoms with Gasteiger partial charge in [-0.3, -0.25) is 0 Å². The third-order valence-corrected chi connectivity index (χ3v) is 5.49. The summed E-state index contributed by atoms with van der Waals surface area (Å²) in [6, 6.07) is 0. The fourth-order valence-electron chi connectivity index (χ4n) is 4.03. The van der Waals surface area contributed by atoms with E-state index in [9.17, 15) is 0 Å². The van der Waals surface area contributed by atoms with Crippen LogP contribution in [0.3, 0.4) is 0 Å². The summed E-state index contributed by atoms with van der Waals surface area (Å²) in [5.74, 6) is 2.81. The van der Waals surface area contributed by atoms with Gasteiger partial charge in [-0.1, -0.05) is 90.6 Å². The van der Waals surface area contributed by atoms with E-state index in [-0.39, 0.29) is 0 Å². The molecule has 0 heterocycles. The van der Waals surface area contributed by atoms with E-state index in [1.807, 2.05) is 0 Å². The van der Waals surface area contributed by atoms with Gasteiger partial charge in [0.25, 0.3) is 0 Å². The van der Waals surface area contributed by atoms with Gasteiger partial charge in [0.05, 0.1) is 0 Å². The Labute approximate surface area is 134 Å². The molecule has 0 saturated heterocycles. The molecule has 1 rings (SSSR count). The van der Waals surface area contributed by atoms with Crippen LogP contribution >= 0.6 is 0 Å². The smallest absolute Gasteiger partial charge is 0.0236 e. The number of unbranched alkanes of at least 4 members (excludes halogenated alkanes) is 3. The normalized spacial score (nSPS) is 19.3. The molecule has 0 amide bonds. The molecule has 2 unspecified atom stereocenters. The highest BCUT2D eigenvalue weighted by atomic mass is 14.2. The Morgan fingerprint density at radius 2 is 1.62 bits per heavy atom. The van der Waals surface area contributed by atoms with Crippen molar-refractivity contribution in [2.24, 2.45) is 17.8 Å². The van der Waals surface area contributed by atoms with Gasteiger partial charge in [-0.05, 0) is 37.0 Å². The zero-order chi connectivity index (χ0) is 15.3. The van der Waals surface area contributed by atoms with E-state index in [0.717, 1.165) is 17.8 Å². The lowest BCUT2D eigenvalue weighted by atomic mass is 9.82. The topological polar surface area (TPSA) is 0 Å². The average molecular weight is 293 g/mol. The lowest BCUT2D eigenvalue weighted by Crippen LogP contribution is -2.10. The summed E-state index contributed by atoms with van der Waals surface area (Å²) in [7, 11) is 0. The van der Waals surface area contributed by atoms with Crippen LogP contribution in [0.2, 0.25) is 0 Å². The fraction of sp³-hybridized carbons (Fsp3) is 0.905. The number of rotatable bonds is 12. The summed E-state index contributed by atoms with van der Waals surface area (Å²) >= 11 is 0. The fourth-order valence-corrected chi connectivity index (χ4v) is 4.03. The van der Waals surface area contributed by atoms with Crippen LogP contribution in [-0.4, -0.2) is 0 Å². The lowest BCUT2D eigenvalue weighted by molar-refractivity contribution is 0.285. The molecule has 1 saturated carbocycles. The van der Waals surface area contributed by atoms with Gasteiger partial charge in [-0.15, -0.1) is 6.58 Å². The highest BCUT2D eigenvalue weighted by Gasteiger charge is 2.16. The Hall–Kier alpha value is -0.260. The molecule has 0 bridgehead atoms. The molecule has 0 N–H and O–H groups in total. The summed E-state index contributed by atoms with van der Waals surface area (Å²) in [5, 5.41) is 0. The van der Waals surface area contributed by atoms with Gasteiger partial charge in [0.1, 0.15) is 0 Å². The molecule has 0 nitrogen and oxygen atoms in total. The third kappa shape index (κ3) is 9.38. The van der Waals surface area contributed by atoms with Crippen molar-refractivity contribution in [1.29, 1.82) is 0 Å². The Morgan fingerprint density at radius 1 is 0.952 bits per heavy atom. The zero-order valence-electron chi connectivity index (χ0n) is 14.9. The molecule has 1 aliphatic carbocycles. The van der Waals surface area contributed by atoms with Crippen molar-refractivity contribution in [3.05, 3.63) is 12.7 Å². The minimum Gasteiger partial charge on any atom is -0.103 e. The molecule has 2 atom stereocenters. The van der Waals surface area contributed by atoms with Crippen LogP contribution in [0.1, 0.15) is 104 Å². The maximum Gasteiger partial charge on any atom is -0.0236 e. The summed E-state index contributed by atoms with van der Waals surface area (Å²) in [6.45, 7) is 8.78. The van der Waals surface area contributed by atoms with E-state index < -0.39 is 0 Å². The van der Waals surface area contributed by atoms with Crippen LogP contribution < -0.4 is 0 Å². The van der Waals surface area contributed by atoms with Crippen molar-refractivity contribution in [2.45, 2.75) is 104 Å². The highest BCUT2D eigenvalue weighted by molar-refractivity contribution is 4.78. The predicted octanol–water partition coefficient (Wildman–Crippen LogP) is 7.54. The van der Waals surface area contributed by atoms with Gasteiger partial charge < -0.3 is 0 Å². The van der Waals surface area contributed by atoms with Crippen molar-refractivity contribution in [3.8, 4) is 0 Å². The minimum atomic E-state index is 0.782. The molecular formula is C21H40. The average Bonchev–Trinajstić information content (AvgIpc) is 2.51. The Bertz CT molecular complexity index is 236. The van der Waals surface area contributed by atoms with E-state index in [4.69, 9.17) is 0 Å². The van der Waals surface area contributed by atoms with Crippen molar-refractivity contribution in [3.63, 3.8) is 0 Å². The second-order valence-electron chi connectivity index (χ2n) is 7.62. The standard InChI is InChI=1S/C21H40/c1-4-6-14-20(5-2)15-10-7-9-13-19(3)18-21-16-11-8-12-17-21/h5,19-21H,2,4,6-18H2,1,3H3. The Morgan fingerprint density at radius 3 is 2.29 bits per heavy atom. The van der Waals surface area contributed by atoms with Gasteiger partial charge in [0.15, 0.2) is 0 Å². The second-order valence-corrected chi connectivity index (χ2v) is 7.62. The highest BCUT2D eigenvalue weighted by Crippen LogP contribution is 2.30. The molecule has 124 valence electrons. The van der Waals surface area contributed by atoms with E-state index in [1.54, 1.807) is 0 Å². The van der Waals surface area contributed by atoms with Crippen molar-refractivity contribution in [2.75, 3.05) is 0 Å². The van der Waals surface area contributed by atoms with E-state index in [1.165, 1.54) is 89.9 Å². The molecule has 1 aliphatic rings. The first kappa shape index (κ1) is 18.8. The predicted molar refractivity (Wildman–Crippen MR) is 96.7 cm³/mol. The number of hydrogen-bond acceptors (Lipinski definition) is 0.